The molecule has 1 unspecified atom stereocenters. The standard InChI is InChI=1S/C11H22O4/c1-4-5-7-10(11(12)14-3)15-9-6-8-13-2/h10H,4-9H2,1-3H3. The van der Waals surface area contributed by atoms with Crippen LogP contribution in [0.15, 0.2) is 0 Å². The largest absolute Gasteiger partial charge is 0.467 e. The molecule has 15 heavy (non-hydrogen) atoms. The van der Waals surface area contributed by atoms with Gasteiger partial charge in [0.05, 0.1) is 7.11 Å². The molecule has 1 atom stereocenters. The average molecular weight is 218 g/mol. The predicted molar refractivity (Wildman–Crippen MR) is 57.8 cm³/mol. The summed E-state index contributed by atoms with van der Waals surface area (Å²) in [5, 5.41) is 0. The monoisotopic (exact) mass is 218 g/mol. The van der Waals surface area contributed by atoms with E-state index >= 15 is 0 Å². The molecule has 0 fully saturated rings. The van der Waals surface area contributed by atoms with Crippen LogP contribution in [0.3, 0.4) is 0 Å². The molecule has 0 spiro atoms. The Morgan fingerprint density at radius 3 is 2.47 bits per heavy atom. The van der Waals surface area contributed by atoms with E-state index < -0.39 is 6.10 Å². The van der Waals surface area contributed by atoms with Crippen molar-refractivity contribution < 1.29 is 19.0 Å². The Balaban J connectivity index is 3.74. The van der Waals surface area contributed by atoms with Crippen molar-refractivity contribution in [3.63, 3.8) is 0 Å². The third-order valence-electron chi connectivity index (χ3n) is 2.10. The van der Waals surface area contributed by atoms with Gasteiger partial charge in [0.15, 0.2) is 6.10 Å². The van der Waals surface area contributed by atoms with Gasteiger partial charge in [0, 0.05) is 20.3 Å². The predicted octanol–water partition coefficient (Wildman–Crippen LogP) is 1.77. The van der Waals surface area contributed by atoms with Gasteiger partial charge in [0.25, 0.3) is 0 Å². The van der Waals surface area contributed by atoms with Crippen LogP contribution in [0.5, 0.6) is 0 Å². The van der Waals surface area contributed by atoms with E-state index in [1.54, 1.807) is 7.11 Å². The van der Waals surface area contributed by atoms with Gasteiger partial charge >= 0.3 is 5.97 Å². The first kappa shape index (κ1) is 14.4. The van der Waals surface area contributed by atoms with Crippen molar-refractivity contribution in [1.82, 2.24) is 0 Å². The summed E-state index contributed by atoms with van der Waals surface area (Å²) in [5.74, 6) is -0.277. The summed E-state index contributed by atoms with van der Waals surface area (Å²) in [6.07, 6.45) is 3.15. The highest BCUT2D eigenvalue weighted by molar-refractivity contribution is 5.74. The second-order valence-corrected chi connectivity index (χ2v) is 3.37. The minimum Gasteiger partial charge on any atom is -0.467 e. The van der Waals surface area contributed by atoms with E-state index in [4.69, 9.17) is 9.47 Å². The highest BCUT2D eigenvalue weighted by atomic mass is 16.6. The van der Waals surface area contributed by atoms with Gasteiger partial charge in [0.2, 0.25) is 0 Å². The van der Waals surface area contributed by atoms with E-state index in [-0.39, 0.29) is 5.97 Å². The molecular formula is C11H22O4. The maximum absolute atomic E-state index is 11.3. The van der Waals surface area contributed by atoms with Crippen molar-refractivity contribution in [2.24, 2.45) is 0 Å². The van der Waals surface area contributed by atoms with Crippen LogP contribution in [-0.2, 0) is 19.0 Å². The number of unbranched alkanes of at least 4 members (excludes halogenated alkanes) is 1. The molecule has 0 bridgehead atoms. The average Bonchev–Trinajstić information content (AvgIpc) is 2.27. The molecule has 0 aliphatic heterocycles. The van der Waals surface area contributed by atoms with Crippen LogP contribution < -0.4 is 0 Å². The van der Waals surface area contributed by atoms with Gasteiger partial charge < -0.3 is 14.2 Å². The Morgan fingerprint density at radius 1 is 1.20 bits per heavy atom. The summed E-state index contributed by atoms with van der Waals surface area (Å²) in [4.78, 5) is 11.3. The van der Waals surface area contributed by atoms with Gasteiger partial charge in [-0.1, -0.05) is 19.8 Å². The number of methoxy groups -OCH3 is 2. The molecule has 0 heterocycles. The zero-order chi connectivity index (χ0) is 11.5. The molecule has 0 saturated heterocycles. The molecule has 0 aromatic rings. The third kappa shape index (κ3) is 7.33. The number of ether oxygens (including phenoxy) is 3. The molecule has 0 aliphatic carbocycles. The summed E-state index contributed by atoms with van der Waals surface area (Å²) in [6, 6.07) is 0. The van der Waals surface area contributed by atoms with Crippen LogP contribution >= 0.6 is 0 Å². The molecule has 4 nitrogen and oxygen atoms in total. The second kappa shape index (κ2) is 9.93. The molecule has 0 amide bonds. The maximum Gasteiger partial charge on any atom is 0.334 e. The van der Waals surface area contributed by atoms with E-state index in [1.165, 1.54) is 7.11 Å². The van der Waals surface area contributed by atoms with Gasteiger partial charge in [-0.2, -0.15) is 0 Å². The number of carbonyl (C=O) groups excluding carboxylic acids is 1. The van der Waals surface area contributed by atoms with Crippen LogP contribution in [-0.4, -0.2) is 39.5 Å². The van der Waals surface area contributed by atoms with E-state index in [1.807, 2.05) is 0 Å². The number of rotatable bonds is 9. The van der Waals surface area contributed by atoms with Crippen molar-refractivity contribution in [2.45, 2.75) is 38.7 Å². The zero-order valence-electron chi connectivity index (χ0n) is 9.95. The number of hydrogen-bond donors (Lipinski definition) is 0. The fraction of sp³-hybridized carbons (Fsp3) is 0.909. The molecule has 0 aromatic carbocycles. The van der Waals surface area contributed by atoms with E-state index in [9.17, 15) is 4.79 Å². The first-order chi connectivity index (χ1) is 7.26. The molecule has 0 rings (SSSR count). The molecule has 0 saturated carbocycles. The molecule has 90 valence electrons. The normalized spacial score (nSPS) is 12.5. The summed E-state index contributed by atoms with van der Waals surface area (Å²) in [7, 11) is 3.04. The number of esters is 1. The van der Waals surface area contributed by atoms with Gasteiger partial charge in [-0.05, 0) is 12.8 Å². The topological polar surface area (TPSA) is 44.8 Å². The number of hydrogen-bond acceptors (Lipinski definition) is 4. The highest BCUT2D eigenvalue weighted by Crippen LogP contribution is 2.07. The smallest absolute Gasteiger partial charge is 0.334 e. The highest BCUT2D eigenvalue weighted by Gasteiger charge is 2.18. The first-order valence-corrected chi connectivity index (χ1v) is 5.44. The fourth-order valence-corrected chi connectivity index (χ4v) is 1.22. The second-order valence-electron chi connectivity index (χ2n) is 3.37. The fourth-order valence-electron chi connectivity index (χ4n) is 1.22. The Labute approximate surface area is 91.9 Å². The molecule has 0 N–H and O–H groups in total. The van der Waals surface area contributed by atoms with Crippen molar-refractivity contribution >= 4 is 5.97 Å². The molecule has 4 heteroatoms. The van der Waals surface area contributed by atoms with Crippen molar-refractivity contribution in [2.75, 3.05) is 27.4 Å². The lowest BCUT2D eigenvalue weighted by molar-refractivity contribution is -0.154. The summed E-state index contributed by atoms with van der Waals surface area (Å²) < 4.78 is 15.0. The third-order valence-corrected chi connectivity index (χ3v) is 2.10. The minimum atomic E-state index is -0.410. The van der Waals surface area contributed by atoms with E-state index in [0.29, 0.717) is 13.2 Å². The van der Waals surface area contributed by atoms with E-state index in [2.05, 4.69) is 11.7 Å². The Morgan fingerprint density at radius 2 is 1.93 bits per heavy atom. The zero-order valence-corrected chi connectivity index (χ0v) is 9.95. The quantitative estimate of drug-likeness (QED) is 0.437. The summed E-state index contributed by atoms with van der Waals surface area (Å²) >= 11 is 0. The molecule has 0 aliphatic rings. The lowest BCUT2D eigenvalue weighted by atomic mass is 10.1. The van der Waals surface area contributed by atoms with Crippen LogP contribution in [0.1, 0.15) is 32.6 Å². The van der Waals surface area contributed by atoms with Crippen LogP contribution in [0, 0.1) is 0 Å². The lowest BCUT2D eigenvalue weighted by Gasteiger charge is -2.14. The van der Waals surface area contributed by atoms with Crippen LogP contribution in [0.25, 0.3) is 0 Å². The van der Waals surface area contributed by atoms with E-state index in [0.717, 1.165) is 25.7 Å². The summed E-state index contributed by atoms with van der Waals surface area (Å²) in [5.41, 5.74) is 0. The molecule has 0 aromatic heterocycles. The number of carbonyl (C=O) groups is 1. The van der Waals surface area contributed by atoms with Crippen molar-refractivity contribution in [3.05, 3.63) is 0 Å². The summed E-state index contributed by atoms with van der Waals surface area (Å²) in [6.45, 7) is 3.28. The minimum absolute atomic E-state index is 0.277. The Kier molecular flexibility index (Phi) is 9.52. The van der Waals surface area contributed by atoms with Gasteiger partial charge in [-0.15, -0.1) is 0 Å². The van der Waals surface area contributed by atoms with Gasteiger partial charge in [0.1, 0.15) is 0 Å². The van der Waals surface area contributed by atoms with Gasteiger partial charge in [-0.25, -0.2) is 4.79 Å². The Hall–Kier alpha value is -0.610. The maximum atomic E-state index is 11.3. The van der Waals surface area contributed by atoms with Crippen molar-refractivity contribution in [1.29, 1.82) is 0 Å². The molecule has 0 radical (unpaired) electrons. The Bertz CT molecular complexity index is 159. The van der Waals surface area contributed by atoms with Crippen molar-refractivity contribution in [3.8, 4) is 0 Å². The lowest BCUT2D eigenvalue weighted by Crippen LogP contribution is -2.26. The van der Waals surface area contributed by atoms with Crippen LogP contribution in [0.2, 0.25) is 0 Å². The SMILES string of the molecule is CCCCC(OCCCOC)C(=O)OC. The van der Waals surface area contributed by atoms with Gasteiger partial charge in [-0.3, -0.25) is 0 Å². The first-order valence-electron chi connectivity index (χ1n) is 5.44. The van der Waals surface area contributed by atoms with Crippen LogP contribution in [0.4, 0.5) is 0 Å². The molecular weight excluding hydrogens is 196 g/mol.